The van der Waals surface area contributed by atoms with Gasteiger partial charge in [0.2, 0.25) is 0 Å². The third-order valence-corrected chi connectivity index (χ3v) is 2.74. The lowest BCUT2D eigenvalue weighted by Gasteiger charge is -2.08. The van der Waals surface area contributed by atoms with Gasteiger partial charge in [-0.25, -0.2) is 0 Å². The zero-order valence-electron chi connectivity index (χ0n) is 9.40. The molecule has 1 fully saturated rings. The van der Waals surface area contributed by atoms with E-state index in [4.69, 9.17) is 14.7 Å². The monoisotopic (exact) mass is 217 g/mol. The maximum absolute atomic E-state index is 8.84. The lowest BCUT2D eigenvalue weighted by Crippen LogP contribution is -1.99. The molecule has 1 saturated carbocycles. The first-order valence-corrected chi connectivity index (χ1v) is 5.54. The molecule has 0 spiro atoms. The standard InChI is InChI=1S/C13H15NO2/c1-15-12-6-11(9-14)7-13(8-12)16-5-4-10-2-3-10/h6-8,10H,2-5H2,1H3. The third-order valence-electron chi connectivity index (χ3n) is 2.74. The molecule has 0 heterocycles. The van der Waals surface area contributed by atoms with Crippen LogP contribution in [0.5, 0.6) is 11.5 Å². The highest BCUT2D eigenvalue weighted by Gasteiger charge is 2.20. The predicted octanol–water partition coefficient (Wildman–Crippen LogP) is 2.75. The highest BCUT2D eigenvalue weighted by molar-refractivity contribution is 5.43. The van der Waals surface area contributed by atoms with Crippen molar-refractivity contribution >= 4 is 0 Å². The first kappa shape index (κ1) is 10.8. The van der Waals surface area contributed by atoms with Gasteiger partial charge in [-0.1, -0.05) is 12.8 Å². The average Bonchev–Trinajstić information content (AvgIpc) is 3.12. The Hall–Kier alpha value is -1.69. The van der Waals surface area contributed by atoms with Crippen molar-refractivity contribution in [2.45, 2.75) is 19.3 Å². The van der Waals surface area contributed by atoms with Gasteiger partial charge in [0.1, 0.15) is 11.5 Å². The van der Waals surface area contributed by atoms with Gasteiger partial charge in [0.15, 0.2) is 0 Å². The summed E-state index contributed by atoms with van der Waals surface area (Å²) in [7, 11) is 1.59. The molecule has 1 aromatic carbocycles. The lowest BCUT2D eigenvalue weighted by molar-refractivity contribution is 0.300. The van der Waals surface area contributed by atoms with E-state index in [-0.39, 0.29) is 0 Å². The molecular formula is C13H15NO2. The van der Waals surface area contributed by atoms with Gasteiger partial charge in [-0.05, 0) is 24.5 Å². The molecule has 84 valence electrons. The van der Waals surface area contributed by atoms with Crippen LogP contribution in [-0.2, 0) is 0 Å². The first-order valence-electron chi connectivity index (χ1n) is 5.54. The van der Waals surface area contributed by atoms with Crippen molar-refractivity contribution in [3.8, 4) is 17.6 Å². The van der Waals surface area contributed by atoms with Gasteiger partial charge < -0.3 is 9.47 Å². The van der Waals surface area contributed by atoms with Gasteiger partial charge in [-0.15, -0.1) is 0 Å². The van der Waals surface area contributed by atoms with Crippen LogP contribution in [0.15, 0.2) is 18.2 Å². The van der Waals surface area contributed by atoms with E-state index in [1.54, 1.807) is 19.2 Å². The molecule has 1 aliphatic rings. The maximum Gasteiger partial charge on any atom is 0.124 e. The first-order chi connectivity index (χ1) is 7.81. The summed E-state index contributed by atoms with van der Waals surface area (Å²) in [5, 5.41) is 8.84. The van der Waals surface area contributed by atoms with Crippen LogP contribution >= 0.6 is 0 Å². The van der Waals surface area contributed by atoms with E-state index < -0.39 is 0 Å². The topological polar surface area (TPSA) is 42.2 Å². The van der Waals surface area contributed by atoms with Gasteiger partial charge in [0, 0.05) is 6.07 Å². The Morgan fingerprint density at radius 3 is 2.69 bits per heavy atom. The van der Waals surface area contributed by atoms with Crippen molar-refractivity contribution < 1.29 is 9.47 Å². The quantitative estimate of drug-likeness (QED) is 0.761. The largest absolute Gasteiger partial charge is 0.497 e. The minimum atomic E-state index is 0.570. The molecule has 2 rings (SSSR count). The molecule has 0 unspecified atom stereocenters. The van der Waals surface area contributed by atoms with E-state index in [9.17, 15) is 0 Å². The van der Waals surface area contributed by atoms with E-state index in [0.29, 0.717) is 11.3 Å². The fourth-order valence-electron chi connectivity index (χ4n) is 1.59. The fourth-order valence-corrected chi connectivity index (χ4v) is 1.59. The van der Waals surface area contributed by atoms with Gasteiger partial charge in [0.05, 0.1) is 25.3 Å². The summed E-state index contributed by atoms with van der Waals surface area (Å²) in [6.45, 7) is 0.725. The number of nitrogens with zero attached hydrogens (tertiary/aromatic N) is 1. The SMILES string of the molecule is COc1cc(C#N)cc(OCCC2CC2)c1. The van der Waals surface area contributed by atoms with Crippen molar-refractivity contribution in [3.05, 3.63) is 23.8 Å². The number of benzene rings is 1. The predicted molar refractivity (Wildman–Crippen MR) is 60.5 cm³/mol. The fraction of sp³-hybridized carbons (Fsp3) is 0.462. The average molecular weight is 217 g/mol. The summed E-state index contributed by atoms with van der Waals surface area (Å²) in [5.41, 5.74) is 0.570. The number of rotatable bonds is 5. The minimum absolute atomic E-state index is 0.570. The van der Waals surface area contributed by atoms with E-state index in [0.717, 1.165) is 24.7 Å². The molecule has 0 aliphatic heterocycles. The van der Waals surface area contributed by atoms with Crippen LogP contribution in [0.25, 0.3) is 0 Å². The van der Waals surface area contributed by atoms with Crippen LogP contribution in [0.1, 0.15) is 24.8 Å². The molecule has 0 amide bonds. The van der Waals surface area contributed by atoms with E-state index >= 15 is 0 Å². The molecule has 0 N–H and O–H groups in total. The van der Waals surface area contributed by atoms with Gasteiger partial charge >= 0.3 is 0 Å². The second kappa shape index (κ2) is 4.89. The molecule has 0 aromatic heterocycles. The van der Waals surface area contributed by atoms with Gasteiger partial charge in [-0.3, -0.25) is 0 Å². The second-order valence-electron chi connectivity index (χ2n) is 4.09. The van der Waals surface area contributed by atoms with E-state index in [1.165, 1.54) is 12.8 Å². The van der Waals surface area contributed by atoms with Crippen molar-refractivity contribution in [1.82, 2.24) is 0 Å². The minimum Gasteiger partial charge on any atom is -0.497 e. The summed E-state index contributed by atoms with van der Waals surface area (Å²) in [5.74, 6) is 2.25. The smallest absolute Gasteiger partial charge is 0.124 e. The lowest BCUT2D eigenvalue weighted by atomic mass is 10.2. The third kappa shape index (κ3) is 2.90. The summed E-state index contributed by atoms with van der Waals surface area (Å²) in [6.07, 6.45) is 3.79. The number of nitriles is 1. The summed E-state index contributed by atoms with van der Waals surface area (Å²) in [6, 6.07) is 7.35. The van der Waals surface area contributed by atoms with Crippen molar-refractivity contribution in [2.24, 2.45) is 5.92 Å². The molecule has 0 bridgehead atoms. The van der Waals surface area contributed by atoms with E-state index in [2.05, 4.69) is 6.07 Å². The molecule has 0 saturated heterocycles. The van der Waals surface area contributed by atoms with Crippen molar-refractivity contribution in [1.29, 1.82) is 5.26 Å². The maximum atomic E-state index is 8.84. The molecular weight excluding hydrogens is 202 g/mol. The Kier molecular flexibility index (Phi) is 3.31. The van der Waals surface area contributed by atoms with E-state index in [1.807, 2.05) is 6.07 Å². The molecule has 3 nitrogen and oxygen atoms in total. The van der Waals surface area contributed by atoms with Crippen LogP contribution in [0.4, 0.5) is 0 Å². The van der Waals surface area contributed by atoms with Crippen LogP contribution in [0.2, 0.25) is 0 Å². The van der Waals surface area contributed by atoms with Crippen LogP contribution in [-0.4, -0.2) is 13.7 Å². The number of methoxy groups -OCH3 is 1. The van der Waals surface area contributed by atoms with Gasteiger partial charge in [-0.2, -0.15) is 5.26 Å². The highest BCUT2D eigenvalue weighted by atomic mass is 16.5. The van der Waals surface area contributed by atoms with Crippen LogP contribution in [0, 0.1) is 17.2 Å². The summed E-state index contributed by atoms with van der Waals surface area (Å²) >= 11 is 0. The second-order valence-corrected chi connectivity index (χ2v) is 4.09. The Labute approximate surface area is 95.6 Å². The van der Waals surface area contributed by atoms with Crippen molar-refractivity contribution in [3.63, 3.8) is 0 Å². The Balaban J connectivity index is 1.97. The number of hydrogen-bond donors (Lipinski definition) is 0. The zero-order valence-corrected chi connectivity index (χ0v) is 9.40. The summed E-state index contributed by atoms with van der Waals surface area (Å²) in [4.78, 5) is 0. The van der Waals surface area contributed by atoms with Crippen molar-refractivity contribution in [2.75, 3.05) is 13.7 Å². The molecule has 16 heavy (non-hydrogen) atoms. The molecule has 1 aliphatic carbocycles. The number of hydrogen-bond acceptors (Lipinski definition) is 3. The van der Waals surface area contributed by atoms with Gasteiger partial charge in [0.25, 0.3) is 0 Å². The summed E-state index contributed by atoms with van der Waals surface area (Å²) < 4.78 is 10.7. The zero-order chi connectivity index (χ0) is 11.4. The Morgan fingerprint density at radius 2 is 2.06 bits per heavy atom. The Morgan fingerprint density at radius 1 is 1.31 bits per heavy atom. The molecule has 0 atom stereocenters. The molecule has 3 heteroatoms. The normalized spacial score (nSPS) is 14.2. The van der Waals surface area contributed by atoms with Crippen LogP contribution < -0.4 is 9.47 Å². The number of ether oxygens (including phenoxy) is 2. The van der Waals surface area contributed by atoms with Crippen LogP contribution in [0.3, 0.4) is 0 Å². The molecule has 0 radical (unpaired) electrons. The molecule has 1 aromatic rings. The Bertz CT molecular complexity index is 405. The highest BCUT2D eigenvalue weighted by Crippen LogP contribution is 2.32.